The van der Waals surface area contributed by atoms with Crippen molar-refractivity contribution in [1.29, 1.82) is 0 Å². The molecule has 1 aliphatic rings. The summed E-state index contributed by atoms with van der Waals surface area (Å²) < 4.78 is 24.8. The molecule has 2 atom stereocenters. The number of hydrogen-bond acceptors (Lipinski definition) is 5. The Morgan fingerprint density at radius 1 is 1.62 bits per heavy atom. The van der Waals surface area contributed by atoms with E-state index in [1.54, 1.807) is 6.92 Å². The first kappa shape index (κ1) is 11.8. The summed E-state index contributed by atoms with van der Waals surface area (Å²) >= 11 is 5.89. The lowest BCUT2D eigenvalue weighted by Crippen LogP contribution is -2.24. The van der Waals surface area contributed by atoms with E-state index in [0.717, 1.165) is 6.42 Å². The fraction of sp³-hybridized carbons (Fsp3) is 0.875. The number of rotatable bonds is 3. The third-order valence-electron chi connectivity index (χ3n) is 2.75. The average molecular weight is 265 g/mol. The topological polar surface area (TPSA) is 77.7 Å². The van der Waals surface area contributed by atoms with Gasteiger partial charge in [0.25, 0.3) is 0 Å². The van der Waals surface area contributed by atoms with E-state index in [2.05, 4.69) is 15.5 Å². The molecule has 0 aliphatic carbocycles. The van der Waals surface area contributed by atoms with Gasteiger partial charge in [-0.25, -0.2) is 13.1 Å². The van der Waals surface area contributed by atoms with Gasteiger partial charge >= 0.3 is 0 Å². The van der Waals surface area contributed by atoms with Crippen LogP contribution in [0.2, 0.25) is 0 Å². The zero-order valence-electron chi connectivity index (χ0n) is 8.87. The first-order valence-corrected chi connectivity index (χ1v) is 7.27. The van der Waals surface area contributed by atoms with Crippen molar-refractivity contribution in [3.8, 4) is 0 Å². The number of halogens is 1. The first-order valence-electron chi connectivity index (χ1n) is 5.12. The van der Waals surface area contributed by atoms with E-state index in [0.29, 0.717) is 18.8 Å². The molecule has 1 aromatic heterocycles. The van der Waals surface area contributed by atoms with E-state index < -0.39 is 9.84 Å². The van der Waals surface area contributed by atoms with Crippen molar-refractivity contribution in [2.45, 2.75) is 36.9 Å². The summed E-state index contributed by atoms with van der Waals surface area (Å²) in [5.41, 5.74) is 0. The van der Waals surface area contributed by atoms with Crippen molar-refractivity contribution in [1.82, 2.24) is 20.2 Å². The molecule has 1 fully saturated rings. The molecule has 6 nitrogen and oxygen atoms in total. The molecule has 2 rings (SSSR count). The Balaban J connectivity index is 2.18. The van der Waals surface area contributed by atoms with Crippen molar-refractivity contribution in [3.63, 3.8) is 0 Å². The third-order valence-corrected chi connectivity index (χ3v) is 5.21. The summed E-state index contributed by atoms with van der Waals surface area (Å²) in [6, 6.07) is 0. The Labute approximate surface area is 98.9 Å². The number of tetrazole rings is 1. The highest BCUT2D eigenvalue weighted by Gasteiger charge is 2.32. The van der Waals surface area contributed by atoms with Gasteiger partial charge in [0.1, 0.15) is 0 Å². The Hall–Kier alpha value is -0.690. The highest BCUT2D eigenvalue weighted by atomic mass is 35.5. The molecule has 0 radical (unpaired) electrons. The van der Waals surface area contributed by atoms with Crippen LogP contribution in [0.25, 0.3) is 0 Å². The van der Waals surface area contributed by atoms with E-state index in [9.17, 15) is 8.42 Å². The van der Waals surface area contributed by atoms with Gasteiger partial charge in [0.05, 0.1) is 22.9 Å². The van der Waals surface area contributed by atoms with Crippen molar-refractivity contribution < 1.29 is 8.42 Å². The Morgan fingerprint density at radius 2 is 2.38 bits per heavy atom. The fourth-order valence-electron chi connectivity index (χ4n) is 1.88. The number of sulfone groups is 1. The Bertz CT molecular complexity index is 470. The molecular formula is C8H13ClN4O2S. The van der Waals surface area contributed by atoms with Crippen LogP contribution in [0.4, 0.5) is 0 Å². The maximum absolute atomic E-state index is 11.7. The number of alkyl halides is 1. The van der Waals surface area contributed by atoms with Gasteiger partial charge in [-0.2, -0.15) is 0 Å². The summed E-state index contributed by atoms with van der Waals surface area (Å²) in [5, 5.41) is 10.4. The lowest BCUT2D eigenvalue weighted by Gasteiger charge is -2.10. The second kappa shape index (κ2) is 4.29. The minimum atomic E-state index is -2.97. The molecular weight excluding hydrogens is 252 g/mol. The van der Waals surface area contributed by atoms with Crippen LogP contribution in [0, 0.1) is 0 Å². The molecule has 0 amide bonds. The zero-order chi connectivity index (χ0) is 11.8. The molecule has 0 saturated carbocycles. The summed E-state index contributed by atoms with van der Waals surface area (Å²) in [7, 11) is -2.97. The van der Waals surface area contributed by atoms with E-state index in [1.807, 2.05) is 0 Å². The summed E-state index contributed by atoms with van der Waals surface area (Å²) in [5.74, 6) is 0.787. The van der Waals surface area contributed by atoms with Crippen LogP contribution in [-0.4, -0.2) is 39.6 Å². The number of hydrogen-bond donors (Lipinski definition) is 0. The molecule has 1 aromatic rings. The smallest absolute Gasteiger partial charge is 0.168 e. The second-order valence-electron chi connectivity index (χ2n) is 3.97. The number of nitrogens with zero attached hydrogens (tertiary/aromatic N) is 4. The normalized spacial score (nSPS) is 25.8. The standard InChI is InChI=1S/C8H13ClN4O2S/c1-6(9)8-10-11-12-13(8)5-7-3-2-4-16(7,14)15/h6-7H,2-5H2,1H3. The molecule has 8 heteroatoms. The average Bonchev–Trinajstić information content (AvgIpc) is 2.74. The molecule has 2 heterocycles. The molecule has 1 saturated heterocycles. The number of aromatic nitrogens is 4. The Kier molecular flexibility index (Phi) is 3.16. The molecule has 16 heavy (non-hydrogen) atoms. The van der Waals surface area contributed by atoms with E-state index >= 15 is 0 Å². The molecule has 0 bridgehead atoms. The molecule has 2 unspecified atom stereocenters. The lowest BCUT2D eigenvalue weighted by molar-refractivity contribution is 0.517. The van der Waals surface area contributed by atoms with Crippen LogP contribution in [0.1, 0.15) is 31.0 Å². The van der Waals surface area contributed by atoms with Crippen molar-refractivity contribution in [2.24, 2.45) is 0 Å². The predicted molar refractivity (Wildman–Crippen MR) is 58.9 cm³/mol. The first-order chi connectivity index (χ1) is 7.50. The van der Waals surface area contributed by atoms with Crippen LogP contribution in [0.15, 0.2) is 0 Å². The predicted octanol–water partition coefficient (Wildman–Crippen LogP) is 0.550. The van der Waals surface area contributed by atoms with Gasteiger partial charge < -0.3 is 0 Å². The van der Waals surface area contributed by atoms with Gasteiger partial charge in [-0.15, -0.1) is 16.7 Å². The minimum absolute atomic E-state index is 0.269. The zero-order valence-corrected chi connectivity index (χ0v) is 10.4. The van der Waals surface area contributed by atoms with Crippen LogP contribution < -0.4 is 0 Å². The van der Waals surface area contributed by atoms with Crippen molar-refractivity contribution in [3.05, 3.63) is 5.82 Å². The minimum Gasteiger partial charge on any atom is -0.228 e. The second-order valence-corrected chi connectivity index (χ2v) is 7.02. The van der Waals surface area contributed by atoms with Crippen LogP contribution >= 0.6 is 11.6 Å². The molecule has 0 spiro atoms. The maximum atomic E-state index is 11.7. The summed E-state index contributed by atoms with van der Waals surface area (Å²) in [6.45, 7) is 2.06. The molecule has 0 N–H and O–H groups in total. The largest absolute Gasteiger partial charge is 0.228 e. The van der Waals surface area contributed by atoms with Gasteiger partial charge in [-0.3, -0.25) is 0 Å². The molecule has 90 valence electrons. The summed E-state index contributed by atoms with van der Waals surface area (Å²) in [4.78, 5) is 0. The van der Waals surface area contributed by atoms with Crippen molar-refractivity contribution in [2.75, 3.05) is 5.75 Å². The Morgan fingerprint density at radius 3 is 2.94 bits per heavy atom. The third kappa shape index (κ3) is 2.20. The van der Waals surface area contributed by atoms with Gasteiger partial charge in [0.2, 0.25) is 0 Å². The quantitative estimate of drug-likeness (QED) is 0.745. The van der Waals surface area contributed by atoms with E-state index in [1.165, 1.54) is 4.68 Å². The van der Waals surface area contributed by atoms with Crippen LogP contribution in [-0.2, 0) is 16.4 Å². The maximum Gasteiger partial charge on any atom is 0.168 e. The fourth-order valence-corrected chi connectivity index (χ4v) is 3.84. The van der Waals surface area contributed by atoms with Gasteiger partial charge in [0, 0.05) is 0 Å². The molecule has 1 aliphatic heterocycles. The van der Waals surface area contributed by atoms with Crippen LogP contribution in [0.5, 0.6) is 0 Å². The highest BCUT2D eigenvalue weighted by Crippen LogP contribution is 2.23. The van der Waals surface area contributed by atoms with Gasteiger partial charge in [0.15, 0.2) is 15.7 Å². The SMILES string of the molecule is CC(Cl)c1nnnn1CC1CCCS1(=O)=O. The van der Waals surface area contributed by atoms with E-state index in [-0.39, 0.29) is 16.4 Å². The monoisotopic (exact) mass is 264 g/mol. The van der Waals surface area contributed by atoms with Gasteiger partial charge in [-0.05, 0) is 30.2 Å². The molecule has 0 aromatic carbocycles. The van der Waals surface area contributed by atoms with Gasteiger partial charge in [-0.1, -0.05) is 0 Å². The summed E-state index contributed by atoms with van der Waals surface area (Å²) in [6.07, 6.45) is 1.40. The van der Waals surface area contributed by atoms with Crippen molar-refractivity contribution >= 4 is 21.4 Å². The lowest BCUT2D eigenvalue weighted by atomic mass is 10.2. The van der Waals surface area contributed by atoms with E-state index in [4.69, 9.17) is 11.6 Å². The van der Waals surface area contributed by atoms with Crippen LogP contribution in [0.3, 0.4) is 0 Å². The highest BCUT2D eigenvalue weighted by molar-refractivity contribution is 7.92.